The Kier molecular flexibility index (Phi) is 5.37. The van der Waals surface area contributed by atoms with Gasteiger partial charge in [-0.3, -0.25) is 10.3 Å². The minimum atomic E-state index is -0.0489. The quantitative estimate of drug-likeness (QED) is 0.687. The van der Waals surface area contributed by atoms with E-state index in [1.54, 1.807) is 0 Å². The molecule has 2 heterocycles. The van der Waals surface area contributed by atoms with Gasteiger partial charge in [0.1, 0.15) is 6.17 Å². The molecule has 156 valence electrons. The maximum Gasteiger partial charge on any atom is 0.321 e. The molecule has 31 heavy (non-hydrogen) atoms. The molecule has 0 bridgehead atoms. The van der Waals surface area contributed by atoms with E-state index in [-0.39, 0.29) is 12.2 Å². The second kappa shape index (κ2) is 8.62. The molecular weight excluding hydrogens is 386 g/mol. The van der Waals surface area contributed by atoms with Gasteiger partial charge in [-0.1, -0.05) is 72.8 Å². The van der Waals surface area contributed by atoms with Crippen molar-refractivity contribution in [2.75, 3.05) is 31.5 Å². The van der Waals surface area contributed by atoms with Crippen molar-refractivity contribution in [3.05, 3.63) is 102 Å². The molecule has 1 atom stereocenters. The number of urea groups is 1. The first kappa shape index (κ1) is 19.3. The molecule has 3 aromatic rings. The first-order valence-corrected chi connectivity index (χ1v) is 10.6. The average Bonchev–Trinajstić information content (AvgIpc) is 2.85. The van der Waals surface area contributed by atoms with Crippen molar-refractivity contribution in [2.24, 2.45) is 5.10 Å². The monoisotopic (exact) mass is 411 g/mol. The van der Waals surface area contributed by atoms with Crippen LogP contribution in [0.2, 0.25) is 0 Å². The molecular formula is C25H25N5O. The Labute approximate surface area is 182 Å². The summed E-state index contributed by atoms with van der Waals surface area (Å²) < 4.78 is 0. The van der Waals surface area contributed by atoms with Gasteiger partial charge in [-0.25, -0.2) is 4.79 Å². The fraction of sp³-hybridized carbons (Fsp3) is 0.200. The van der Waals surface area contributed by atoms with E-state index in [1.165, 1.54) is 5.56 Å². The van der Waals surface area contributed by atoms with Crippen LogP contribution < -0.4 is 10.7 Å². The summed E-state index contributed by atoms with van der Waals surface area (Å²) >= 11 is 0. The molecule has 6 nitrogen and oxygen atoms in total. The predicted molar refractivity (Wildman–Crippen MR) is 123 cm³/mol. The number of hydrogen-bond donors (Lipinski definition) is 2. The number of anilines is 1. The summed E-state index contributed by atoms with van der Waals surface area (Å²) in [5, 5.41) is 7.72. The van der Waals surface area contributed by atoms with Gasteiger partial charge in [0.2, 0.25) is 0 Å². The molecule has 6 heteroatoms. The van der Waals surface area contributed by atoms with Crippen molar-refractivity contribution in [3.8, 4) is 0 Å². The molecule has 0 aliphatic carbocycles. The van der Waals surface area contributed by atoms with E-state index >= 15 is 0 Å². The number of rotatable bonds is 3. The summed E-state index contributed by atoms with van der Waals surface area (Å²) in [6, 6.07) is 28.2. The van der Waals surface area contributed by atoms with Crippen LogP contribution in [0.5, 0.6) is 0 Å². The van der Waals surface area contributed by atoms with Crippen LogP contribution in [-0.2, 0) is 0 Å². The van der Waals surface area contributed by atoms with Gasteiger partial charge in [-0.05, 0) is 17.7 Å². The Hall–Kier alpha value is -3.64. The number of benzene rings is 3. The third-order valence-corrected chi connectivity index (χ3v) is 5.85. The van der Waals surface area contributed by atoms with Crippen LogP contribution in [-0.4, -0.2) is 47.7 Å². The lowest BCUT2D eigenvalue weighted by Crippen LogP contribution is -2.53. The number of para-hydroxylation sites is 1. The Morgan fingerprint density at radius 2 is 1.48 bits per heavy atom. The van der Waals surface area contributed by atoms with Crippen LogP contribution in [0.15, 0.2) is 90.0 Å². The van der Waals surface area contributed by atoms with Crippen LogP contribution in [0.1, 0.15) is 22.9 Å². The number of nitrogens with zero attached hydrogens (tertiary/aromatic N) is 3. The zero-order chi connectivity index (χ0) is 21.0. The number of nitrogens with one attached hydrogen (secondary N) is 2. The van der Waals surface area contributed by atoms with Crippen molar-refractivity contribution in [1.82, 2.24) is 15.2 Å². The summed E-state index contributed by atoms with van der Waals surface area (Å²) in [4.78, 5) is 16.8. The lowest BCUT2D eigenvalue weighted by molar-refractivity contribution is 0.0965. The molecule has 2 aliphatic rings. The first-order chi connectivity index (χ1) is 15.3. The summed E-state index contributed by atoms with van der Waals surface area (Å²) in [6.07, 6.45) is 0.00277. The highest BCUT2D eigenvalue weighted by molar-refractivity contribution is 6.14. The number of fused-ring (bicyclic) bond motifs is 1. The zero-order valence-corrected chi connectivity index (χ0v) is 17.2. The second-order valence-corrected chi connectivity index (χ2v) is 7.76. The molecule has 3 aromatic carbocycles. The maximum atomic E-state index is 12.6. The van der Waals surface area contributed by atoms with Crippen LogP contribution in [0, 0.1) is 0 Å². The van der Waals surface area contributed by atoms with Gasteiger partial charge in [0, 0.05) is 43.0 Å². The third-order valence-electron chi connectivity index (χ3n) is 5.85. The van der Waals surface area contributed by atoms with Gasteiger partial charge in [-0.15, -0.1) is 0 Å². The number of carbonyl (C=O) groups is 1. The Balaban J connectivity index is 1.28. The normalized spacial score (nSPS) is 18.5. The van der Waals surface area contributed by atoms with Gasteiger partial charge in [0.15, 0.2) is 0 Å². The van der Waals surface area contributed by atoms with E-state index in [1.807, 2.05) is 53.4 Å². The molecule has 5 rings (SSSR count). The van der Waals surface area contributed by atoms with E-state index in [0.29, 0.717) is 13.1 Å². The molecule has 0 saturated carbocycles. The second-order valence-electron chi connectivity index (χ2n) is 7.76. The molecule has 2 N–H and O–H groups in total. The van der Waals surface area contributed by atoms with Crippen LogP contribution in [0.4, 0.5) is 10.5 Å². The Morgan fingerprint density at radius 3 is 2.23 bits per heavy atom. The summed E-state index contributed by atoms with van der Waals surface area (Å²) in [7, 11) is 0. The topological polar surface area (TPSA) is 60.0 Å². The summed E-state index contributed by atoms with van der Waals surface area (Å²) in [5.41, 5.74) is 8.63. The van der Waals surface area contributed by atoms with Gasteiger partial charge in [0.25, 0.3) is 0 Å². The highest BCUT2D eigenvalue weighted by Gasteiger charge is 2.31. The lowest BCUT2D eigenvalue weighted by atomic mass is 9.94. The molecule has 1 fully saturated rings. The van der Waals surface area contributed by atoms with Crippen LogP contribution in [0.25, 0.3) is 0 Å². The minimum absolute atomic E-state index is 0.00277. The predicted octanol–water partition coefficient (Wildman–Crippen LogP) is 3.89. The van der Waals surface area contributed by atoms with Crippen LogP contribution >= 0.6 is 0 Å². The average molecular weight is 412 g/mol. The zero-order valence-electron chi connectivity index (χ0n) is 17.2. The SMILES string of the molecule is O=C(Nc1ccccc1)N1CCN(C2NN=C(c3ccccc3)c3ccccc32)CC1. The van der Waals surface area contributed by atoms with Crippen molar-refractivity contribution < 1.29 is 4.79 Å². The fourth-order valence-corrected chi connectivity index (χ4v) is 4.21. The molecule has 2 aliphatic heterocycles. The van der Waals surface area contributed by atoms with Crippen molar-refractivity contribution >= 4 is 17.4 Å². The van der Waals surface area contributed by atoms with Gasteiger partial charge < -0.3 is 10.2 Å². The van der Waals surface area contributed by atoms with Gasteiger partial charge >= 0.3 is 6.03 Å². The maximum absolute atomic E-state index is 12.6. The minimum Gasteiger partial charge on any atom is -0.322 e. The Bertz CT molecular complexity index is 1080. The van der Waals surface area contributed by atoms with E-state index in [0.717, 1.165) is 35.6 Å². The molecule has 0 aromatic heterocycles. The molecule has 1 saturated heterocycles. The van der Waals surface area contributed by atoms with E-state index in [4.69, 9.17) is 5.10 Å². The smallest absolute Gasteiger partial charge is 0.321 e. The number of amides is 2. The molecule has 0 radical (unpaired) electrons. The molecule has 1 unspecified atom stereocenters. The number of hydrogen-bond acceptors (Lipinski definition) is 4. The molecule has 2 amide bonds. The standard InChI is InChI=1S/C25H25N5O/c31-25(26-20-11-5-2-6-12-20)30-17-15-29(16-18-30)24-22-14-8-7-13-21(22)23(27-28-24)19-9-3-1-4-10-19/h1-14,24,28H,15-18H2,(H,26,31). The van der Waals surface area contributed by atoms with Crippen molar-refractivity contribution in [3.63, 3.8) is 0 Å². The highest BCUT2D eigenvalue weighted by Crippen LogP contribution is 2.29. The Morgan fingerprint density at radius 1 is 0.839 bits per heavy atom. The van der Waals surface area contributed by atoms with E-state index in [2.05, 4.69) is 52.0 Å². The van der Waals surface area contributed by atoms with Crippen molar-refractivity contribution in [2.45, 2.75) is 6.17 Å². The van der Waals surface area contributed by atoms with E-state index in [9.17, 15) is 4.79 Å². The number of hydrazone groups is 1. The van der Waals surface area contributed by atoms with Crippen molar-refractivity contribution in [1.29, 1.82) is 0 Å². The number of piperazine rings is 1. The van der Waals surface area contributed by atoms with Gasteiger partial charge in [0.05, 0.1) is 5.71 Å². The highest BCUT2D eigenvalue weighted by atomic mass is 16.2. The first-order valence-electron chi connectivity index (χ1n) is 10.6. The summed E-state index contributed by atoms with van der Waals surface area (Å²) in [5.74, 6) is 0. The lowest BCUT2D eigenvalue weighted by Gasteiger charge is -2.40. The largest absolute Gasteiger partial charge is 0.322 e. The molecule has 0 spiro atoms. The fourth-order valence-electron chi connectivity index (χ4n) is 4.21. The summed E-state index contributed by atoms with van der Waals surface area (Å²) in [6.45, 7) is 2.91. The number of carbonyl (C=O) groups excluding carboxylic acids is 1. The van der Waals surface area contributed by atoms with E-state index < -0.39 is 0 Å². The van der Waals surface area contributed by atoms with Gasteiger partial charge in [-0.2, -0.15) is 5.10 Å². The van der Waals surface area contributed by atoms with Crippen LogP contribution in [0.3, 0.4) is 0 Å². The third kappa shape index (κ3) is 4.02.